The van der Waals surface area contributed by atoms with Crippen molar-refractivity contribution in [2.24, 2.45) is 5.92 Å². The summed E-state index contributed by atoms with van der Waals surface area (Å²) in [5.41, 5.74) is 0.314. The molecular weight excluding hydrogens is 367 g/mol. The summed E-state index contributed by atoms with van der Waals surface area (Å²) in [5.74, 6) is 0.190. The number of hydrogen-bond donors (Lipinski definition) is 0. The average Bonchev–Trinajstić information content (AvgIpc) is 2.72. The maximum atomic E-state index is 13.9. The van der Waals surface area contributed by atoms with Crippen LogP contribution in [0.5, 0.6) is 11.5 Å². The Bertz CT molecular complexity index is 925. The minimum Gasteiger partial charge on any atom is -0.486 e. The van der Waals surface area contributed by atoms with Crippen LogP contribution in [0.15, 0.2) is 36.4 Å². The van der Waals surface area contributed by atoms with Crippen molar-refractivity contribution in [2.75, 3.05) is 31.2 Å². The minimum atomic E-state index is -0.850. The molecular formula is C20H19FN2O5. The Morgan fingerprint density at radius 3 is 2.54 bits per heavy atom. The molecule has 28 heavy (non-hydrogen) atoms. The summed E-state index contributed by atoms with van der Waals surface area (Å²) in [7, 11) is 0. The van der Waals surface area contributed by atoms with Gasteiger partial charge in [0, 0.05) is 24.6 Å². The number of nitro groups is 1. The third kappa shape index (κ3) is 3.37. The van der Waals surface area contributed by atoms with E-state index in [0.717, 1.165) is 6.07 Å². The molecule has 0 unspecified atom stereocenters. The first-order chi connectivity index (χ1) is 13.5. The zero-order valence-corrected chi connectivity index (χ0v) is 15.1. The van der Waals surface area contributed by atoms with Crippen LogP contribution in [0.4, 0.5) is 15.8 Å². The van der Waals surface area contributed by atoms with E-state index < -0.39 is 16.4 Å². The molecule has 0 radical (unpaired) electrons. The van der Waals surface area contributed by atoms with Gasteiger partial charge in [-0.3, -0.25) is 14.9 Å². The number of carbonyl (C=O) groups is 1. The van der Waals surface area contributed by atoms with E-state index in [1.165, 1.54) is 6.07 Å². The topological polar surface area (TPSA) is 81.9 Å². The van der Waals surface area contributed by atoms with Gasteiger partial charge in [-0.1, -0.05) is 6.07 Å². The van der Waals surface area contributed by atoms with Crippen molar-refractivity contribution in [3.63, 3.8) is 0 Å². The number of halogens is 1. The van der Waals surface area contributed by atoms with Crippen LogP contribution in [-0.4, -0.2) is 37.0 Å². The first kappa shape index (κ1) is 18.2. The molecule has 0 bridgehead atoms. The van der Waals surface area contributed by atoms with Crippen LogP contribution in [-0.2, 0) is 0 Å². The van der Waals surface area contributed by atoms with E-state index in [0.29, 0.717) is 56.2 Å². The van der Waals surface area contributed by atoms with E-state index in [1.807, 2.05) is 0 Å². The van der Waals surface area contributed by atoms with Gasteiger partial charge in [0.2, 0.25) is 5.82 Å². The molecule has 7 nitrogen and oxygen atoms in total. The smallest absolute Gasteiger partial charge is 0.327 e. The van der Waals surface area contributed by atoms with E-state index in [-0.39, 0.29) is 17.4 Å². The van der Waals surface area contributed by atoms with Crippen molar-refractivity contribution in [1.82, 2.24) is 0 Å². The highest BCUT2D eigenvalue weighted by Crippen LogP contribution is 2.35. The Hall–Kier alpha value is -3.16. The SMILES string of the molecule is O=C(c1ccc2c(c1)OCCO2)C1CCN(c2cccc(F)c2[N+](=O)[O-])CC1. The van der Waals surface area contributed by atoms with Crippen LogP contribution in [0.3, 0.4) is 0 Å². The molecule has 2 heterocycles. The Kier molecular flexibility index (Phi) is 4.85. The van der Waals surface area contributed by atoms with Crippen molar-refractivity contribution in [3.05, 3.63) is 57.9 Å². The lowest BCUT2D eigenvalue weighted by molar-refractivity contribution is -0.386. The van der Waals surface area contributed by atoms with E-state index in [4.69, 9.17) is 9.47 Å². The normalized spacial score (nSPS) is 16.7. The van der Waals surface area contributed by atoms with E-state index in [2.05, 4.69) is 0 Å². The summed E-state index contributed by atoms with van der Waals surface area (Å²) in [6.07, 6.45) is 1.09. The van der Waals surface area contributed by atoms with Crippen LogP contribution in [0, 0.1) is 21.8 Å². The predicted molar refractivity (Wildman–Crippen MR) is 99.8 cm³/mol. The van der Waals surface area contributed by atoms with Gasteiger partial charge in [-0.15, -0.1) is 0 Å². The number of hydrogen-bond acceptors (Lipinski definition) is 6. The predicted octanol–water partition coefficient (Wildman–Crippen LogP) is 3.60. The highest BCUT2D eigenvalue weighted by Gasteiger charge is 2.30. The number of nitrogens with zero attached hydrogens (tertiary/aromatic N) is 2. The van der Waals surface area contributed by atoms with Gasteiger partial charge in [0.25, 0.3) is 0 Å². The van der Waals surface area contributed by atoms with Gasteiger partial charge >= 0.3 is 5.69 Å². The van der Waals surface area contributed by atoms with Gasteiger partial charge in [-0.25, -0.2) is 0 Å². The number of ketones is 1. The number of Topliss-reactive ketones (excluding diaryl/α,β-unsaturated/α-hetero) is 1. The van der Waals surface area contributed by atoms with Crippen LogP contribution in [0.25, 0.3) is 0 Å². The molecule has 1 fully saturated rings. The van der Waals surface area contributed by atoms with Crippen molar-refractivity contribution in [3.8, 4) is 11.5 Å². The monoisotopic (exact) mass is 386 g/mol. The fourth-order valence-electron chi connectivity index (χ4n) is 3.75. The van der Waals surface area contributed by atoms with Gasteiger partial charge in [0.1, 0.15) is 18.9 Å². The Balaban J connectivity index is 1.47. The fraction of sp³-hybridized carbons (Fsp3) is 0.350. The largest absolute Gasteiger partial charge is 0.486 e. The van der Waals surface area contributed by atoms with E-state index in [9.17, 15) is 19.3 Å². The molecule has 0 N–H and O–H groups in total. The number of anilines is 1. The third-order valence-electron chi connectivity index (χ3n) is 5.18. The van der Waals surface area contributed by atoms with Crippen LogP contribution in [0.1, 0.15) is 23.2 Å². The van der Waals surface area contributed by atoms with Crippen molar-refractivity contribution >= 4 is 17.2 Å². The molecule has 4 rings (SSSR count). The second-order valence-electron chi connectivity index (χ2n) is 6.85. The molecule has 0 atom stereocenters. The second-order valence-corrected chi connectivity index (χ2v) is 6.85. The lowest BCUT2D eigenvalue weighted by Gasteiger charge is -2.32. The van der Waals surface area contributed by atoms with Crippen molar-refractivity contribution in [2.45, 2.75) is 12.8 Å². The first-order valence-electron chi connectivity index (χ1n) is 9.16. The maximum absolute atomic E-state index is 13.9. The highest BCUT2D eigenvalue weighted by molar-refractivity contribution is 5.98. The molecule has 0 amide bonds. The molecule has 0 spiro atoms. The van der Waals surface area contributed by atoms with Gasteiger partial charge in [0.05, 0.1) is 4.92 Å². The Labute approximate surface area is 160 Å². The summed E-state index contributed by atoms with van der Waals surface area (Å²) in [4.78, 5) is 25.2. The van der Waals surface area contributed by atoms with Crippen LogP contribution in [0.2, 0.25) is 0 Å². The highest BCUT2D eigenvalue weighted by atomic mass is 19.1. The van der Waals surface area contributed by atoms with E-state index in [1.54, 1.807) is 29.2 Å². The third-order valence-corrected chi connectivity index (χ3v) is 5.18. The zero-order valence-electron chi connectivity index (χ0n) is 15.1. The Morgan fingerprint density at radius 1 is 1.11 bits per heavy atom. The number of rotatable bonds is 4. The summed E-state index contributed by atoms with van der Waals surface area (Å²) in [6.45, 7) is 1.84. The summed E-state index contributed by atoms with van der Waals surface area (Å²) in [6, 6.07) is 9.28. The van der Waals surface area contributed by atoms with E-state index >= 15 is 0 Å². The van der Waals surface area contributed by atoms with Gasteiger partial charge in [0.15, 0.2) is 17.3 Å². The molecule has 8 heteroatoms. The lowest BCUT2D eigenvalue weighted by Crippen LogP contribution is -2.36. The van der Waals surface area contributed by atoms with Crippen LogP contribution >= 0.6 is 0 Å². The standard InChI is InChI=1S/C20H19FN2O5/c21-15-2-1-3-16(19(15)23(25)26)22-8-6-13(7-9-22)20(24)14-4-5-17-18(12-14)28-11-10-27-17/h1-5,12-13H,6-11H2. The zero-order chi connectivity index (χ0) is 19.7. The molecule has 2 aliphatic rings. The molecule has 2 aromatic rings. The number of carbonyl (C=O) groups excluding carboxylic acids is 1. The molecule has 0 saturated carbocycles. The average molecular weight is 386 g/mol. The number of ether oxygens (including phenoxy) is 2. The number of piperidine rings is 1. The molecule has 146 valence electrons. The molecule has 2 aliphatic heterocycles. The molecule has 0 aliphatic carbocycles. The molecule has 1 saturated heterocycles. The fourth-order valence-corrected chi connectivity index (χ4v) is 3.75. The van der Waals surface area contributed by atoms with Crippen molar-refractivity contribution < 1.29 is 23.6 Å². The summed E-state index contributed by atoms with van der Waals surface area (Å²) >= 11 is 0. The quantitative estimate of drug-likeness (QED) is 0.454. The number of para-hydroxylation sites is 1. The van der Waals surface area contributed by atoms with Gasteiger partial charge < -0.3 is 14.4 Å². The number of fused-ring (bicyclic) bond motifs is 1. The van der Waals surface area contributed by atoms with Crippen LogP contribution < -0.4 is 14.4 Å². The number of nitro benzene ring substituents is 1. The maximum Gasteiger partial charge on any atom is 0.327 e. The first-order valence-corrected chi connectivity index (χ1v) is 9.16. The van der Waals surface area contributed by atoms with Gasteiger partial charge in [-0.05, 0) is 43.2 Å². The van der Waals surface area contributed by atoms with Gasteiger partial charge in [-0.2, -0.15) is 4.39 Å². The number of benzene rings is 2. The second kappa shape index (κ2) is 7.46. The summed E-state index contributed by atoms with van der Waals surface area (Å²) < 4.78 is 24.9. The Morgan fingerprint density at radius 2 is 1.82 bits per heavy atom. The lowest BCUT2D eigenvalue weighted by atomic mass is 9.88. The molecule has 0 aromatic heterocycles. The minimum absolute atomic E-state index is 0.0189. The van der Waals surface area contributed by atoms with Crippen molar-refractivity contribution in [1.29, 1.82) is 0 Å². The summed E-state index contributed by atoms with van der Waals surface area (Å²) in [5, 5.41) is 11.2. The molecule has 2 aromatic carbocycles.